The lowest BCUT2D eigenvalue weighted by Crippen LogP contribution is -2.17. The van der Waals surface area contributed by atoms with Crippen LogP contribution in [0, 0.1) is 6.92 Å². The number of hydrogen-bond acceptors (Lipinski definition) is 4. The van der Waals surface area contributed by atoms with Gasteiger partial charge in [-0.2, -0.15) is 5.10 Å². The molecule has 0 atom stereocenters. The van der Waals surface area contributed by atoms with Crippen LogP contribution >= 0.6 is 0 Å². The second-order valence-electron chi connectivity index (χ2n) is 3.95. The molecule has 2 rings (SSSR count). The number of anilines is 1. The molecule has 0 aliphatic heterocycles. The number of hydrogen-bond donors (Lipinski definition) is 1. The highest BCUT2D eigenvalue weighted by Crippen LogP contribution is 2.22. The van der Waals surface area contributed by atoms with E-state index in [0.29, 0.717) is 11.3 Å². The molecule has 20 heavy (non-hydrogen) atoms. The van der Waals surface area contributed by atoms with E-state index in [0.717, 1.165) is 0 Å². The van der Waals surface area contributed by atoms with E-state index in [1.807, 2.05) is 0 Å². The van der Waals surface area contributed by atoms with Crippen molar-refractivity contribution in [1.82, 2.24) is 9.66 Å². The summed E-state index contributed by atoms with van der Waals surface area (Å²) in [6.07, 6.45) is -1.61. The van der Waals surface area contributed by atoms with Crippen LogP contribution in [0.5, 0.6) is 5.75 Å². The van der Waals surface area contributed by atoms with Crippen molar-refractivity contribution in [3.8, 4) is 5.75 Å². The standard InChI is InChI=1S/C12H11F3N4O/c1-8-7-19(11(16)18-8)17-6-9-2-4-10(5-3-9)20-12(13,14)15/h2-7H,1H3,(H2,16,18). The molecule has 1 aromatic carbocycles. The number of aromatic nitrogens is 2. The van der Waals surface area contributed by atoms with Crippen LogP contribution in [0.15, 0.2) is 35.6 Å². The maximum absolute atomic E-state index is 12.0. The molecule has 0 bridgehead atoms. The van der Waals surface area contributed by atoms with Crippen LogP contribution in [0.3, 0.4) is 0 Å². The molecule has 2 aromatic rings. The van der Waals surface area contributed by atoms with Gasteiger partial charge in [-0.1, -0.05) is 0 Å². The third-order valence-corrected chi connectivity index (χ3v) is 2.28. The van der Waals surface area contributed by atoms with Crippen LogP contribution < -0.4 is 10.5 Å². The predicted molar refractivity (Wildman–Crippen MR) is 67.5 cm³/mol. The first-order valence-corrected chi connectivity index (χ1v) is 5.55. The van der Waals surface area contributed by atoms with E-state index in [2.05, 4.69) is 14.8 Å². The molecule has 0 saturated heterocycles. The molecule has 0 unspecified atom stereocenters. The lowest BCUT2D eigenvalue weighted by atomic mass is 10.2. The summed E-state index contributed by atoms with van der Waals surface area (Å²) in [5.74, 6) is -0.0524. The Labute approximate surface area is 112 Å². The van der Waals surface area contributed by atoms with Crippen LogP contribution in [0.25, 0.3) is 0 Å². The zero-order chi connectivity index (χ0) is 14.8. The Bertz CT molecular complexity index is 617. The summed E-state index contributed by atoms with van der Waals surface area (Å²) in [6.45, 7) is 1.77. The zero-order valence-electron chi connectivity index (χ0n) is 10.4. The highest BCUT2D eigenvalue weighted by atomic mass is 19.4. The lowest BCUT2D eigenvalue weighted by Gasteiger charge is -2.08. The first-order valence-electron chi connectivity index (χ1n) is 5.55. The monoisotopic (exact) mass is 284 g/mol. The Kier molecular flexibility index (Phi) is 3.64. The number of alkyl halides is 3. The third-order valence-electron chi connectivity index (χ3n) is 2.28. The van der Waals surface area contributed by atoms with Gasteiger partial charge in [-0.3, -0.25) is 0 Å². The minimum atomic E-state index is -4.70. The average molecular weight is 284 g/mol. The van der Waals surface area contributed by atoms with Crippen LogP contribution in [0.2, 0.25) is 0 Å². The van der Waals surface area contributed by atoms with Gasteiger partial charge in [0, 0.05) is 0 Å². The molecule has 0 amide bonds. The number of nitrogen functional groups attached to an aromatic ring is 1. The normalized spacial score (nSPS) is 12.0. The molecule has 0 spiro atoms. The number of nitrogens with two attached hydrogens (primary N) is 1. The summed E-state index contributed by atoms with van der Waals surface area (Å²) in [6, 6.07) is 5.31. The Morgan fingerprint density at radius 2 is 1.95 bits per heavy atom. The fraction of sp³-hybridized carbons (Fsp3) is 0.167. The van der Waals surface area contributed by atoms with Gasteiger partial charge in [-0.15, -0.1) is 13.2 Å². The number of nitrogens with zero attached hydrogens (tertiary/aromatic N) is 3. The third kappa shape index (κ3) is 3.74. The van der Waals surface area contributed by atoms with E-state index in [1.54, 1.807) is 13.1 Å². The van der Waals surface area contributed by atoms with Gasteiger partial charge in [0.2, 0.25) is 5.95 Å². The second kappa shape index (κ2) is 5.24. The highest BCUT2D eigenvalue weighted by Gasteiger charge is 2.30. The topological polar surface area (TPSA) is 65.4 Å². The van der Waals surface area contributed by atoms with Crippen LogP contribution in [0.4, 0.5) is 19.1 Å². The number of benzene rings is 1. The summed E-state index contributed by atoms with van der Waals surface area (Å²) in [7, 11) is 0. The second-order valence-corrected chi connectivity index (χ2v) is 3.95. The molecular weight excluding hydrogens is 273 g/mol. The van der Waals surface area contributed by atoms with E-state index in [4.69, 9.17) is 5.73 Å². The van der Waals surface area contributed by atoms with Crippen LogP contribution in [-0.4, -0.2) is 22.2 Å². The van der Waals surface area contributed by atoms with Gasteiger partial charge >= 0.3 is 6.36 Å². The zero-order valence-corrected chi connectivity index (χ0v) is 10.4. The molecule has 0 aliphatic carbocycles. The molecular formula is C12H11F3N4O. The Morgan fingerprint density at radius 1 is 1.30 bits per heavy atom. The summed E-state index contributed by atoms with van der Waals surface area (Å²) < 4.78 is 41.1. The largest absolute Gasteiger partial charge is 0.573 e. The van der Waals surface area contributed by atoms with Crippen LogP contribution in [0.1, 0.15) is 11.3 Å². The molecule has 1 heterocycles. The number of imidazole rings is 1. The highest BCUT2D eigenvalue weighted by molar-refractivity contribution is 5.79. The molecule has 5 nitrogen and oxygen atoms in total. The van der Waals surface area contributed by atoms with Gasteiger partial charge in [0.15, 0.2) is 0 Å². The number of halogens is 3. The number of ether oxygens (including phenoxy) is 1. The van der Waals surface area contributed by atoms with Crippen molar-refractivity contribution in [2.75, 3.05) is 5.73 Å². The Balaban J connectivity index is 2.09. The fourth-order valence-corrected chi connectivity index (χ4v) is 1.48. The molecule has 2 N–H and O–H groups in total. The van der Waals surface area contributed by atoms with Gasteiger partial charge < -0.3 is 10.5 Å². The number of aryl methyl sites for hydroxylation is 1. The fourth-order valence-electron chi connectivity index (χ4n) is 1.48. The van der Waals surface area contributed by atoms with Crippen molar-refractivity contribution in [2.24, 2.45) is 5.10 Å². The Hall–Kier alpha value is -2.51. The maximum Gasteiger partial charge on any atom is 0.573 e. The van der Waals surface area contributed by atoms with Crippen molar-refractivity contribution < 1.29 is 17.9 Å². The first-order chi connectivity index (χ1) is 9.33. The first kappa shape index (κ1) is 13.9. The molecule has 0 radical (unpaired) electrons. The van der Waals surface area contributed by atoms with Crippen molar-refractivity contribution in [3.63, 3.8) is 0 Å². The summed E-state index contributed by atoms with van der Waals surface area (Å²) in [5, 5.41) is 4.04. The molecule has 0 saturated carbocycles. The average Bonchev–Trinajstić information content (AvgIpc) is 2.65. The van der Waals surface area contributed by atoms with Crippen LogP contribution in [-0.2, 0) is 0 Å². The maximum atomic E-state index is 12.0. The van der Waals surface area contributed by atoms with Crippen molar-refractivity contribution >= 4 is 12.2 Å². The van der Waals surface area contributed by atoms with Gasteiger partial charge in [-0.25, -0.2) is 9.66 Å². The minimum Gasteiger partial charge on any atom is -0.406 e. The van der Waals surface area contributed by atoms with Crippen molar-refractivity contribution in [1.29, 1.82) is 0 Å². The summed E-state index contributed by atoms with van der Waals surface area (Å²) in [4.78, 5) is 3.96. The molecule has 0 fully saturated rings. The quantitative estimate of drug-likeness (QED) is 0.881. The Morgan fingerprint density at radius 3 is 2.45 bits per heavy atom. The van der Waals surface area contributed by atoms with E-state index in [-0.39, 0.29) is 11.7 Å². The summed E-state index contributed by atoms with van der Waals surface area (Å²) in [5.41, 5.74) is 6.91. The van der Waals surface area contributed by atoms with Gasteiger partial charge in [0.05, 0.1) is 18.1 Å². The smallest absolute Gasteiger partial charge is 0.406 e. The lowest BCUT2D eigenvalue weighted by molar-refractivity contribution is -0.274. The van der Waals surface area contributed by atoms with E-state index < -0.39 is 6.36 Å². The van der Waals surface area contributed by atoms with E-state index >= 15 is 0 Å². The van der Waals surface area contributed by atoms with Gasteiger partial charge in [0.1, 0.15) is 5.75 Å². The summed E-state index contributed by atoms with van der Waals surface area (Å²) >= 11 is 0. The van der Waals surface area contributed by atoms with Gasteiger partial charge in [0.25, 0.3) is 0 Å². The van der Waals surface area contributed by atoms with E-state index in [9.17, 15) is 13.2 Å². The van der Waals surface area contributed by atoms with Crippen molar-refractivity contribution in [3.05, 3.63) is 41.7 Å². The molecule has 8 heteroatoms. The van der Waals surface area contributed by atoms with E-state index in [1.165, 1.54) is 35.2 Å². The van der Waals surface area contributed by atoms with Crippen molar-refractivity contribution in [2.45, 2.75) is 13.3 Å². The van der Waals surface area contributed by atoms with Gasteiger partial charge in [-0.05, 0) is 36.8 Å². The molecule has 0 aliphatic rings. The minimum absolute atomic E-state index is 0.232. The molecule has 1 aromatic heterocycles. The number of rotatable bonds is 3. The molecule has 106 valence electrons. The predicted octanol–water partition coefficient (Wildman–Crippen LogP) is 2.55. The SMILES string of the molecule is Cc1cn(N=Cc2ccc(OC(F)(F)F)cc2)c(N)n1.